The Morgan fingerprint density at radius 1 is 0.969 bits per heavy atom. The number of aromatic nitrogens is 2. The molecule has 2 bridgehead atoms. The number of likely N-dealkylation sites (tertiary alicyclic amines) is 1. The molecule has 2 N–H and O–H groups in total. The first kappa shape index (κ1) is 20.7. The third-order valence-corrected chi connectivity index (χ3v) is 7.01. The van der Waals surface area contributed by atoms with E-state index in [-0.39, 0.29) is 35.0 Å². The summed E-state index contributed by atoms with van der Waals surface area (Å²) < 4.78 is 1.79. The largest absolute Gasteiger partial charge is 0.335 e. The van der Waals surface area contributed by atoms with Crippen molar-refractivity contribution >= 4 is 17.6 Å². The summed E-state index contributed by atoms with van der Waals surface area (Å²) in [5.74, 6) is 0.0473. The van der Waals surface area contributed by atoms with Crippen LogP contribution in [0.3, 0.4) is 0 Å². The standard InChI is InChI=1S/C24H29N5O3/c30-22(17-8-10-25-11-9-17)27-20-6-7-21-18-12-16(14-29(21)23(20)31)13-28(15-18)24(32)26-19-4-2-1-3-5-19/h6-11,16,18-19H,1-5,12-15H2,(H,26,32)(H,27,30). The fraction of sp³-hybridized carbons (Fsp3) is 0.500. The van der Waals surface area contributed by atoms with Crippen LogP contribution in [0.25, 0.3) is 0 Å². The highest BCUT2D eigenvalue weighted by Gasteiger charge is 2.37. The number of amides is 3. The SMILES string of the molecule is O=C(Nc1ccc2n(c1=O)CC1CC2CN(C(=O)NC2CCCCC2)C1)c1ccncc1. The van der Waals surface area contributed by atoms with Crippen LogP contribution in [0.1, 0.15) is 60.5 Å². The summed E-state index contributed by atoms with van der Waals surface area (Å²) in [7, 11) is 0. The van der Waals surface area contributed by atoms with Gasteiger partial charge >= 0.3 is 6.03 Å². The van der Waals surface area contributed by atoms with Crippen LogP contribution in [0.15, 0.2) is 41.5 Å². The number of rotatable bonds is 3. The monoisotopic (exact) mass is 435 g/mol. The summed E-state index contributed by atoms with van der Waals surface area (Å²) in [4.78, 5) is 44.3. The van der Waals surface area contributed by atoms with Crippen LogP contribution >= 0.6 is 0 Å². The van der Waals surface area contributed by atoms with Crippen molar-refractivity contribution in [2.24, 2.45) is 5.92 Å². The van der Waals surface area contributed by atoms with Crippen LogP contribution < -0.4 is 16.2 Å². The summed E-state index contributed by atoms with van der Waals surface area (Å²) in [6, 6.07) is 7.16. The maximum Gasteiger partial charge on any atom is 0.317 e. The van der Waals surface area contributed by atoms with E-state index < -0.39 is 0 Å². The van der Waals surface area contributed by atoms with E-state index in [4.69, 9.17) is 0 Å². The van der Waals surface area contributed by atoms with Crippen molar-refractivity contribution in [2.45, 2.75) is 57.0 Å². The van der Waals surface area contributed by atoms with Gasteiger partial charge in [-0.1, -0.05) is 19.3 Å². The minimum Gasteiger partial charge on any atom is -0.335 e. The van der Waals surface area contributed by atoms with Gasteiger partial charge in [0, 0.05) is 55.2 Å². The van der Waals surface area contributed by atoms with Gasteiger partial charge in [0.1, 0.15) is 5.69 Å². The Balaban J connectivity index is 1.30. The summed E-state index contributed by atoms with van der Waals surface area (Å²) in [5, 5.41) is 5.97. The van der Waals surface area contributed by atoms with Gasteiger partial charge in [-0.2, -0.15) is 0 Å². The number of carbonyl (C=O) groups excluding carboxylic acids is 2. The van der Waals surface area contributed by atoms with Gasteiger partial charge < -0.3 is 20.1 Å². The predicted octanol–water partition coefficient (Wildman–Crippen LogP) is 2.96. The van der Waals surface area contributed by atoms with E-state index in [1.807, 2.05) is 11.0 Å². The molecule has 4 heterocycles. The highest BCUT2D eigenvalue weighted by molar-refractivity contribution is 6.04. The van der Waals surface area contributed by atoms with Crippen molar-refractivity contribution in [3.63, 3.8) is 0 Å². The molecule has 2 atom stereocenters. The van der Waals surface area contributed by atoms with Crippen LogP contribution in [0, 0.1) is 5.92 Å². The normalized spacial score (nSPS) is 22.7. The number of carbonyl (C=O) groups is 2. The Hall–Kier alpha value is -3.16. The number of piperidine rings is 1. The van der Waals surface area contributed by atoms with Gasteiger partial charge in [0.2, 0.25) is 0 Å². The van der Waals surface area contributed by atoms with Crippen LogP contribution in [-0.2, 0) is 6.54 Å². The molecule has 2 aromatic heterocycles. The number of hydrogen-bond donors (Lipinski definition) is 2. The van der Waals surface area contributed by atoms with Crippen LogP contribution in [0.5, 0.6) is 0 Å². The van der Waals surface area contributed by atoms with Gasteiger partial charge in [-0.05, 0) is 49.4 Å². The van der Waals surface area contributed by atoms with E-state index in [1.54, 1.807) is 35.2 Å². The smallest absolute Gasteiger partial charge is 0.317 e. The van der Waals surface area contributed by atoms with E-state index in [0.717, 1.165) is 25.0 Å². The fourth-order valence-electron chi connectivity index (χ4n) is 5.42. The maximum atomic E-state index is 13.1. The number of urea groups is 1. The molecule has 3 amide bonds. The maximum absolute atomic E-state index is 13.1. The van der Waals surface area contributed by atoms with Crippen molar-refractivity contribution in [1.82, 2.24) is 19.8 Å². The highest BCUT2D eigenvalue weighted by Crippen LogP contribution is 2.35. The van der Waals surface area contributed by atoms with Gasteiger partial charge in [-0.25, -0.2) is 4.79 Å². The topological polar surface area (TPSA) is 96.3 Å². The Kier molecular flexibility index (Phi) is 5.68. The van der Waals surface area contributed by atoms with Gasteiger partial charge in [0.05, 0.1) is 0 Å². The molecule has 3 aliphatic rings. The third-order valence-electron chi connectivity index (χ3n) is 7.01. The number of fused-ring (bicyclic) bond motifs is 4. The van der Waals surface area contributed by atoms with Crippen LogP contribution in [0.4, 0.5) is 10.5 Å². The number of hydrogen-bond acceptors (Lipinski definition) is 4. The molecule has 8 nitrogen and oxygen atoms in total. The molecule has 8 heteroatoms. The van der Waals surface area contributed by atoms with E-state index in [0.29, 0.717) is 31.2 Å². The fourth-order valence-corrected chi connectivity index (χ4v) is 5.42. The summed E-state index contributed by atoms with van der Waals surface area (Å²) in [5.41, 5.74) is 1.50. The van der Waals surface area contributed by atoms with Crippen molar-refractivity contribution in [3.05, 3.63) is 58.3 Å². The predicted molar refractivity (Wildman–Crippen MR) is 121 cm³/mol. The van der Waals surface area contributed by atoms with E-state index >= 15 is 0 Å². The first-order valence-electron chi connectivity index (χ1n) is 11.6. The van der Waals surface area contributed by atoms with Crippen molar-refractivity contribution in [2.75, 3.05) is 18.4 Å². The Morgan fingerprint density at radius 3 is 2.53 bits per heavy atom. The van der Waals surface area contributed by atoms with Crippen molar-refractivity contribution < 1.29 is 9.59 Å². The molecule has 2 aliphatic heterocycles. The highest BCUT2D eigenvalue weighted by atomic mass is 16.2. The molecule has 0 spiro atoms. The molecule has 2 unspecified atom stereocenters. The van der Waals surface area contributed by atoms with Crippen LogP contribution in [0.2, 0.25) is 0 Å². The lowest BCUT2D eigenvalue weighted by Gasteiger charge is -2.43. The summed E-state index contributed by atoms with van der Waals surface area (Å²) in [6.45, 7) is 1.85. The second-order valence-corrected chi connectivity index (χ2v) is 9.27. The Morgan fingerprint density at radius 2 is 1.75 bits per heavy atom. The Labute approximate surface area is 187 Å². The average molecular weight is 436 g/mol. The van der Waals surface area contributed by atoms with E-state index in [1.165, 1.54) is 19.3 Å². The zero-order chi connectivity index (χ0) is 22.1. The number of anilines is 1. The van der Waals surface area contributed by atoms with E-state index in [2.05, 4.69) is 15.6 Å². The third kappa shape index (κ3) is 4.13. The van der Waals surface area contributed by atoms with Crippen molar-refractivity contribution in [1.29, 1.82) is 0 Å². The number of pyridine rings is 2. The summed E-state index contributed by atoms with van der Waals surface area (Å²) >= 11 is 0. The molecule has 2 fully saturated rings. The molecule has 1 saturated carbocycles. The molecule has 0 aromatic carbocycles. The second-order valence-electron chi connectivity index (χ2n) is 9.27. The zero-order valence-corrected chi connectivity index (χ0v) is 18.1. The van der Waals surface area contributed by atoms with Crippen molar-refractivity contribution in [3.8, 4) is 0 Å². The van der Waals surface area contributed by atoms with Gasteiger partial charge in [-0.3, -0.25) is 14.6 Å². The minimum atomic E-state index is -0.327. The lowest BCUT2D eigenvalue weighted by atomic mass is 9.83. The van der Waals surface area contributed by atoms with E-state index in [9.17, 15) is 14.4 Å². The van der Waals surface area contributed by atoms with Gasteiger partial charge in [0.15, 0.2) is 0 Å². The number of nitrogens with one attached hydrogen (secondary N) is 2. The molecule has 168 valence electrons. The van der Waals surface area contributed by atoms with Gasteiger partial charge in [-0.15, -0.1) is 0 Å². The average Bonchev–Trinajstić information content (AvgIpc) is 2.82. The molecule has 1 saturated heterocycles. The molecule has 1 aliphatic carbocycles. The number of nitrogens with zero attached hydrogens (tertiary/aromatic N) is 3. The lowest BCUT2D eigenvalue weighted by Crippen LogP contribution is -2.53. The molecular weight excluding hydrogens is 406 g/mol. The quantitative estimate of drug-likeness (QED) is 0.775. The first-order valence-corrected chi connectivity index (χ1v) is 11.6. The molecule has 5 rings (SSSR count). The zero-order valence-electron chi connectivity index (χ0n) is 18.1. The summed E-state index contributed by atoms with van der Waals surface area (Å²) in [6.07, 6.45) is 9.85. The van der Waals surface area contributed by atoms with Gasteiger partial charge in [0.25, 0.3) is 11.5 Å². The first-order chi connectivity index (χ1) is 15.6. The lowest BCUT2D eigenvalue weighted by molar-refractivity contribution is 0.102. The molecule has 0 radical (unpaired) electrons. The molecular formula is C24H29N5O3. The Bertz CT molecular complexity index is 1060. The minimum absolute atomic E-state index is 0.0311. The molecule has 32 heavy (non-hydrogen) atoms. The van der Waals surface area contributed by atoms with Crippen LogP contribution in [-0.4, -0.2) is 45.5 Å². The molecule has 2 aromatic rings. The second kappa shape index (κ2) is 8.76.